The number of ether oxygens (including phenoxy) is 1. The van der Waals surface area contributed by atoms with Crippen molar-refractivity contribution in [1.29, 1.82) is 0 Å². The smallest absolute Gasteiger partial charge is 0.195 e. The molecule has 4 heteroatoms. The second-order valence-corrected chi connectivity index (χ2v) is 5.23. The maximum absolute atomic E-state index is 12.4. The zero-order valence-corrected chi connectivity index (χ0v) is 11.0. The maximum atomic E-state index is 12.4. The lowest BCUT2D eigenvalue weighted by molar-refractivity contribution is -0.0514. The van der Waals surface area contributed by atoms with Gasteiger partial charge < -0.3 is 4.74 Å². The van der Waals surface area contributed by atoms with E-state index in [0.29, 0.717) is 18.7 Å². The van der Waals surface area contributed by atoms with E-state index in [1.54, 1.807) is 0 Å². The first-order valence-corrected chi connectivity index (χ1v) is 6.10. The van der Waals surface area contributed by atoms with E-state index in [9.17, 15) is 4.79 Å². The van der Waals surface area contributed by atoms with E-state index < -0.39 is 5.60 Å². The van der Waals surface area contributed by atoms with Crippen molar-refractivity contribution < 1.29 is 9.53 Å². The first-order chi connectivity index (χ1) is 8.01. The lowest BCUT2D eigenvalue weighted by Crippen LogP contribution is -2.51. The highest BCUT2D eigenvalue weighted by Crippen LogP contribution is 2.23. The van der Waals surface area contributed by atoms with Gasteiger partial charge in [0.15, 0.2) is 5.78 Å². The molecule has 1 aromatic rings. The maximum Gasteiger partial charge on any atom is 0.195 e. The number of hydrogen-bond acceptors (Lipinski definition) is 4. The third kappa shape index (κ3) is 2.70. The molecule has 0 spiro atoms. The summed E-state index contributed by atoms with van der Waals surface area (Å²) in [6, 6.07) is 7.59. The van der Waals surface area contributed by atoms with Crippen LogP contribution in [-0.2, 0) is 4.74 Å². The van der Waals surface area contributed by atoms with Crippen LogP contribution >= 0.6 is 12.8 Å². The van der Waals surface area contributed by atoms with Crippen LogP contribution in [0.5, 0.6) is 0 Å². The SMILES string of the molecule is Cc1ccc(C(=O)C2(C)CN(S)CCO2)cc1. The summed E-state index contributed by atoms with van der Waals surface area (Å²) in [5.74, 6) is 0.0243. The Morgan fingerprint density at radius 3 is 2.65 bits per heavy atom. The molecule has 3 nitrogen and oxygen atoms in total. The minimum absolute atomic E-state index is 0.0243. The molecule has 1 heterocycles. The Hall–Kier alpha value is -0.840. The normalized spacial score (nSPS) is 25.8. The van der Waals surface area contributed by atoms with Crippen LogP contribution in [0.15, 0.2) is 24.3 Å². The average Bonchev–Trinajstić information content (AvgIpc) is 2.29. The van der Waals surface area contributed by atoms with Crippen molar-refractivity contribution in [3.63, 3.8) is 0 Å². The van der Waals surface area contributed by atoms with Gasteiger partial charge in [-0.3, -0.25) is 4.79 Å². The van der Waals surface area contributed by atoms with Gasteiger partial charge in [0.05, 0.1) is 6.61 Å². The van der Waals surface area contributed by atoms with Gasteiger partial charge in [-0.15, -0.1) is 0 Å². The molecule has 0 saturated carbocycles. The van der Waals surface area contributed by atoms with Crippen LogP contribution in [0.4, 0.5) is 0 Å². The summed E-state index contributed by atoms with van der Waals surface area (Å²) in [6.45, 7) is 5.64. The zero-order valence-electron chi connectivity index (χ0n) is 10.1. The second kappa shape index (κ2) is 4.80. The second-order valence-electron chi connectivity index (χ2n) is 4.66. The van der Waals surface area contributed by atoms with Gasteiger partial charge in [-0.05, 0) is 13.8 Å². The lowest BCUT2D eigenvalue weighted by Gasteiger charge is -2.36. The number of morpholine rings is 1. The number of carbonyl (C=O) groups is 1. The third-order valence-corrected chi connectivity index (χ3v) is 3.39. The topological polar surface area (TPSA) is 29.5 Å². The minimum atomic E-state index is -0.782. The van der Waals surface area contributed by atoms with Gasteiger partial charge in [0.2, 0.25) is 0 Å². The monoisotopic (exact) mass is 251 g/mol. The highest BCUT2D eigenvalue weighted by molar-refractivity contribution is 7.77. The quantitative estimate of drug-likeness (QED) is 0.645. The van der Waals surface area contributed by atoms with Crippen LogP contribution in [0.25, 0.3) is 0 Å². The molecule has 0 aliphatic carbocycles. The molecule has 17 heavy (non-hydrogen) atoms. The van der Waals surface area contributed by atoms with Crippen LogP contribution in [-0.4, -0.2) is 35.4 Å². The van der Waals surface area contributed by atoms with E-state index in [2.05, 4.69) is 12.8 Å². The van der Waals surface area contributed by atoms with Crippen LogP contribution in [0.2, 0.25) is 0 Å². The lowest BCUT2D eigenvalue weighted by atomic mass is 9.93. The van der Waals surface area contributed by atoms with E-state index in [-0.39, 0.29) is 5.78 Å². The molecule has 1 fully saturated rings. The highest BCUT2D eigenvalue weighted by Gasteiger charge is 2.38. The predicted octanol–water partition coefficient (Wildman–Crippen LogP) is 2.11. The summed E-state index contributed by atoms with van der Waals surface area (Å²) in [6.07, 6.45) is 0. The number of benzene rings is 1. The van der Waals surface area contributed by atoms with Crippen molar-refractivity contribution in [2.45, 2.75) is 19.4 Å². The van der Waals surface area contributed by atoms with Gasteiger partial charge in [-0.2, -0.15) is 0 Å². The molecule has 0 N–H and O–H groups in total. The van der Waals surface area contributed by atoms with Crippen molar-refractivity contribution in [2.24, 2.45) is 0 Å². The Morgan fingerprint density at radius 1 is 1.41 bits per heavy atom. The van der Waals surface area contributed by atoms with Gasteiger partial charge in [-0.25, -0.2) is 4.31 Å². The zero-order chi connectivity index (χ0) is 12.5. The fraction of sp³-hybridized carbons (Fsp3) is 0.462. The molecule has 1 unspecified atom stereocenters. The molecule has 92 valence electrons. The first-order valence-electron chi connectivity index (χ1n) is 5.70. The Bertz CT molecular complexity index is 418. The number of aryl methyl sites for hydroxylation is 1. The number of Topliss-reactive ketones (excluding diaryl/α,β-unsaturated/α-hetero) is 1. The number of ketones is 1. The fourth-order valence-electron chi connectivity index (χ4n) is 2.00. The predicted molar refractivity (Wildman–Crippen MR) is 70.4 cm³/mol. The summed E-state index contributed by atoms with van der Waals surface area (Å²) in [5.41, 5.74) is 1.06. The standard InChI is InChI=1S/C13H17NO2S/c1-10-3-5-11(6-4-10)12(15)13(2)9-14(17)7-8-16-13/h3-6,17H,7-9H2,1-2H3. The Labute approximate surface area is 107 Å². The number of nitrogens with zero attached hydrogens (tertiary/aromatic N) is 1. The third-order valence-electron chi connectivity index (χ3n) is 3.05. The van der Waals surface area contributed by atoms with E-state index in [0.717, 1.165) is 12.1 Å². The van der Waals surface area contributed by atoms with E-state index in [1.807, 2.05) is 42.4 Å². The van der Waals surface area contributed by atoms with Gasteiger partial charge in [-0.1, -0.05) is 42.6 Å². The molecule has 2 rings (SSSR count). The summed E-state index contributed by atoms with van der Waals surface area (Å²) in [4.78, 5) is 12.4. The summed E-state index contributed by atoms with van der Waals surface area (Å²) < 4.78 is 7.47. The molecule has 1 aromatic carbocycles. The summed E-state index contributed by atoms with van der Waals surface area (Å²) in [5, 5.41) is 0. The van der Waals surface area contributed by atoms with Crippen LogP contribution < -0.4 is 0 Å². The number of rotatable bonds is 2. The Morgan fingerprint density at radius 2 is 2.06 bits per heavy atom. The van der Waals surface area contributed by atoms with Crippen molar-refractivity contribution in [1.82, 2.24) is 4.31 Å². The Kier molecular flexibility index (Phi) is 3.56. The molecule has 0 aromatic heterocycles. The molecule has 0 radical (unpaired) electrons. The van der Waals surface area contributed by atoms with E-state index in [4.69, 9.17) is 4.74 Å². The van der Waals surface area contributed by atoms with Crippen molar-refractivity contribution in [2.75, 3.05) is 19.7 Å². The molecular weight excluding hydrogens is 234 g/mol. The van der Waals surface area contributed by atoms with Crippen LogP contribution in [0, 0.1) is 6.92 Å². The largest absolute Gasteiger partial charge is 0.364 e. The van der Waals surface area contributed by atoms with Gasteiger partial charge in [0.1, 0.15) is 5.60 Å². The average molecular weight is 251 g/mol. The Balaban J connectivity index is 2.21. The molecule has 1 atom stereocenters. The molecule has 1 aliphatic heterocycles. The van der Waals surface area contributed by atoms with Crippen molar-refractivity contribution >= 4 is 18.6 Å². The van der Waals surface area contributed by atoms with Crippen LogP contribution in [0.1, 0.15) is 22.8 Å². The number of thiol groups is 1. The fourth-order valence-corrected chi connectivity index (χ4v) is 2.35. The molecule has 1 saturated heterocycles. The van der Waals surface area contributed by atoms with Gasteiger partial charge in [0, 0.05) is 18.7 Å². The van der Waals surface area contributed by atoms with E-state index >= 15 is 0 Å². The molecule has 0 bridgehead atoms. The minimum Gasteiger partial charge on any atom is -0.364 e. The molecular formula is C13H17NO2S. The highest BCUT2D eigenvalue weighted by atomic mass is 32.1. The summed E-state index contributed by atoms with van der Waals surface area (Å²) in [7, 11) is 0. The summed E-state index contributed by atoms with van der Waals surface area (Å²) >= 11 is 4.30. The van der Waals surface area contributed by atoms with E-state index in [1.165, 1.54) is 0 Å². The van der Waals surface area contributed by atoms with Crippen molar-refractivity contribution in [3.05, 3.63) is 35.4 Å². The molecule has 0 amide bonds. The van der Waals surface area contributed by atoms with Crippen LogP contribution in [0.3, 0.4) is 0 Å². The van der Waals surface area contributed by atoms with Crippen molar-refractivity contribution in [3.8, 4) is 0 Å². The molecule has 1 aliphatic rings. The van der Waals surface area contributed by atoms with Gasteiger partial charge >= 0.3 is 0 Å². The first kappa shape index (κ1) is 12.6. The number of hydrogen-bond donors (Lipinski definition) is 1. The van der Waals surface area contributed by atoms with Gasteiger partial charge in [0.25, 0.3) is 0 Å². The number of carbonyl (C=O) groups excluding carboxylic acids is 1.